The van der Waals surface area contributed by atoms with Crippen molar-refractivity contribution in [1.29, 1.82) is 0 Å². The van der Waals surface area contributed by atoms with E-state index < -0.39 is 11.0 Å². The summed E-state index contributed by atoms with van der Waals surface area (Å²) in [6.45, 7) is 0.236. The smallest absolute Gasteiger partial charge is 0.434 e. The summed E-state index contributed by atoms with van der Waals surface area (Å²) in [6.07, 6.45) is 1.99. The van der Waals surface area contributed by atoms with Gasteiger partial charge in [-0.3, -0.25) is 0 Å². The van der Waals surface area contributed by atoms with Gasteiger partial charge in [0.15, 0.2) is 0 Å². The average molecular weight is 219 g/mol. The molecule has 1 atom stereocenters. The highest BCUT2D eigenvalue weighted by molar-refractivity contribution is 5.06. The zero-order valence-electron chi connectivity index (χ0n) is 8.04. The van der Waals surface area contributed by atoms with Gasteiger partial charge in [-0.25, -0.2) is 4.57 Å². The number of halogens is 1. The van der Waals surface area contributed by atoms with Crippen LogP contribution in [-0.4, -0.2) is 39.4 Å². The summed E-state index contributed by atoms with van der Waals surface area (Å²) in [4.78, 5) is 13.4. The normalized spacial score (nSPS) is 11.9. The van der Waals surface area contributed by atoms with Gasteiger partial charge in [-0.15, -0.1) is 0 Å². The van der Waals surface area contributed by atoms with Crippen LogP contribution in [0, 0.1) is 10.1 Å². The van der Waals surface area contributed by atoms with Gasteiger partial charge < -0.3 is 24.7 Å². The van der Waals surface area contributed by atoms with Crippen LogP contribution in [0.2, 0.25) is 0 Å². The Morgan fingerprint density at radius 3 is 3.00 bits per heavy atom. The van der Waals surface area contributed by atoms with Crippen LogP contribution in [0.5, 0.6) is 0 Å². The Kier molecular flexibility index (Phi) is 5.42. The second kappa shape index (κ2) is 6.04. The van der Waals surface area contributed by atoms with Crippen molar-refractivity contribution < 1.29 is 19.5 Å². The third kappa shape index (κ3) is 3.60. The lowest BCUT2D eigenvalue weighted by Crippen LogP contribution is -3.00. The highest BCUT2D eigenvalue weighted by Gasteiger charge is 2.16. The van der Waals surface area contributed by atoms with Gasteiger partial charge in [-0.05, 0) is 4.92 Å². The van der Waals surface area contributed by atoms with E-state index in [9.17, 15) is 15.2 Å². The Labute approximate surface area is 84.8 Å². The highest BCUT2D eigenvalue weighted by atomic mass is 18.0. The molecule has 1 heterocycles. The van der Waals surface area contributed by atoms with Gasteiger partial charge in [-0.1, -0.05) is 4.98 Å². The van der Waals surface area contributed by atoms with Crippen LogP contribution in [0.4, 0.5) is 5.95 Å². The second-order valence-electron chi connectivity index (χ2n) is 2.75. The summed E-state index contributed by atoms with van der Waals surface area (Å²) in [5.41, 5.74) is 0. The van der Waals surface area contributed by atoms with E-state index in [1.165, 1.54) is 24.1 Å². The summed E-state index contributed by atoms with van der Waals surface area (Å²) in [7, 11) is 1.45. The van der Waals surface area contributed by atoms with Crippen LogP contribution in [0.1, 0.15) is 0 Å². The summed E-state index contributed by atoms with van der Waals surface area (Å²) < 4.78 is 5.97. The number of hydrogen-bond donors (Lipinski definition) is 1. The van der Waals surface area contributed by atoms with Crippen LogP contribution in [0.3, 0.4) is 0 Å². The first-order chi connectivity index (χ1) is 6.65. The molecule has 86 valence electrons. The van der Waals surface area contributed by atoms with E-state index in [2.05, 4.69) is 4.98 Å². The van der Waals surface area contributed by atoms with E-state index in [4.69, 9.17) is 4.74 Å². The lowest BCUT2D eigenvalue weighted by Gasteiger charge is -2.07. The summed E-state index contributed by atoms with van der Waals surface area (Å²) in [6, 6.07) is 0. The molecule has 0 radical (unpaired) electrons. The van der Waals surface area contributed by atoms with Crippen molar-refractivity contribution in [2.24, 2.45) is 0 Å². The van der Waals surface area contributed by atoms with E-state index in [1.54, 1.807) is 0 Å². The van der Waals surface area contributed by atoms with Gasteiger partial charge in [0.1, 0.15) is 18.5 Å². The minimum Gasteiger partial charge on any atom is -1.00 e. The largest absolute Gasteiger partial charge is 1.00 e. The molecule has 0 aromatic carbocycles. The van der Waals surface area contributed by atoms with Crippen molar-refractivity contribution in [2.45, 2.75) is 12.6 Å². The van der Waals surface area contributed by atoms with Crippen LogP contribution in [0.15, 0.2) is 12.4 Å². The molecule has 0 saturated heterocycles. The fourth-order valence-electron chi connectivity index (χ4n) is 1.09. The van der Waals surface area contributed by atoms with Crippen LogP contribution in [-0.2, 0) is 11.3 Å². The second-order valence-corrected chi connectivity index (χ2v) is 2.75. The Bertz CT molecular complexity index is 317. The zero-order valence-corrected chi connectivity index (χ0v) is 8.04. The minimum atomic E-state index is -0.770. The van der Waals surface area contributed by atoms with Gasteiger partial charge in [0.2, 0.25) is 0 Å². The predicted octanol–water partition coefficient (Wildman–Crippen LogP) is -3.20. The Morgan fingerprint density at radius 2 is 2.47 bits per heavy atom. The number of aliphatic hydroxyl groups excluding tert-OH is 1. The van der Waals surface area contributed by atoms with Crippen molar-refractivity contribution in [1.82, 2.24) is 9.55 Å². The number of hydrogen-bond acceptors (Lipinski definition) is 5. The molecule has 1 aromatic rings. The maximum atomic E-state index is 10.4. The predicted molar refractivity (Wildman–Crippen MR) is 46.8 cm³/mol. The number of aliphatic hydroxyl groups is 1. The molecule has 1 N–H and O–H groups in total. The molecule has 0 fully saturated rings. The maximum Gasteiger partial charge on any atom is 0.434 e. The number of ether oxygens (including phenoxy) is 1. The van der Waals surface area contributed by atoms with E-state index >= 15 is 0 Å². The van der Waals surface area contributed by atoms with E-state index in [0.29, 0.717) is 0 Å². The van der Waals surface area contributed by atoms with Crippen molar-refractivity contribution >= 4 is 5.95 Å². The van der Waals surface area contributed by atoms with Gasteiger partial charge in [-0.2, -0.15) is 0 Å². The van der Waals surface area contributed by atoms with E-state index in [-0.39, 0.29) is 23.8 Å². The molecular formula is C7H11FN3O4-. The van der Waals surface area contributed by atoms with Gasteiger partial charge in [0.25, 0.3) is 0 Å². The molecule has 0 spiro atoms. The number of nitrogens with zero attached hydrogens (tertiary/aromatic N) is 3. The number of rotatable bonds is 5. The topological polar surface area (TPSA) is 90.4 Å². The summed E-state index contributed by atoms with van der Waals surface area (Å²) in [5, 5.41) is 19.8. The minimum absolute atomic E-state index is 0. The Hall–Kier alpha value is -1.54. The van der Waals surface area contributed by atoms with Crippen LogP contribution >= 0.6 is 0 Å². The van der Waals surface area contributed by atoms with E-state index in [1.807, 2.05) is 0 Å². The molecule has 0 amide bonds. The standard InChI is InChI=1S/C7H11N3O4.FH/c1-14-5-6(11)4-9-3-2-8-7(9)10(12)13;/h2-3,6,11H,4-5H2,1H3;1H/p-1/i;1-1. The van der Waals surface area contributed by atoms with E-state index in [0.717, 1.165) is 0 Å². The number of methoxy groups -OCH3 is 1. The fourth-order valence-corrected chi connectivity index (χ4v) is 1.09. The fraction of sp³-hybridized carbons (Fsp3) is 0.571. The van der Waals surface area contributed by atoms with Gasteiger partial charge >= 0.3 is 5.95 Å². The maximum absolute atomic E-state index is 10.4. The zero-order chi connectivity index (χ0) is 10.6. The molecule has 0 saturated carbocycles. The highest BCUT2D eigenvalue weighted by Crippen LogP contribution is 2.08. The monoisotopic (exact) mass is 219 g/mol. The first-order valence-electron chi connectivity index (χ1n) is 3.97. The Balaban J connectivity index is 0.00000196. The van der Waals surface area contributed by atoms with Crippen molar-refractivity contribution in [3.05, 3.63) is 22.5 Å². The molecule has 0 aliphatic carbocycles. The quantitative estimate of drug-likeness (QED) is 0.416. The lowest BCUT2D eigenvalue weighted by molar-refractivity contribution is -0.397. The molecule has 1 aromatic heterocycles. The summed E-state index contributed by atoms with van der Waals surface area (Å²) in [5.74, 6) is -0.278. The molecule has 1 unspecified atom stereocenters. The Morgan fingerprint density at radius 1 is 1.80 bits per heavy atom. The SMILES string of the molecule is COCC(O)Cn1ccnc1[N+](=O)[O-].[18F-]. The van der Waals surface area contributed by atoms with Crippen molar-refractivity contribution in [2.75, 3.05) is 13.7 Å². The number of imidazole rings is 1. The molecule has 0 bridgehead atoms. The molecule has 7 nitrogen and oxygen atoms in total. The molecule has 0 aliphatic rings. The number of aromatic nitrogens is 2. The van der Waals surface area contributed by atoms with Crippen molar-refractivity contribution in [3.63, 3.8) is 0 Å². The number of nitro groups is 1. The molecule has 15 heavy (non-hydrogen) atoms. The molecule has 1 rings (SSSR count). The van der Waals surface area contributed by atoms with Gasteiger partial charge in [0.05, 0.1) is 13.2 Å². The lowest BCUT2D eigenvalue weighted by atomic mass is 10.4. The molecule has 0 aliphatic heterocycles. The van der Waals surface area contributed by atoms with Crippen LogP contribution < -0.4 is 4.70 Å². The molecule has 8 heteroatoms. The first-order valence-corrected chi connectivity index (χ1v) is 3.97. The van der Waals surface area contributed by atoms with Gasteiger partial charge in [0, 0.05) is 7.11 Å². The molecular weight excluding hydrogens is 208 g/mol. The average Bonchev–Trinajstić information content (AvgIpc) is 2.52. The van der Waals surface area contributed by atoms with Crippen molar-refractivity contribution in [3.8, 4) is 0 Å². The third-order valence-electron chi connectivity index (χ3n) is 1.62. The van der Waals surface area contributed by atoms with Crippen LogP contribution in [0.25, 0.3) is 0 Å². The third-order valence-corrected chi connectivity index (χ3v) is 1.62. The first kappa shape index (κ1) is 13.5. The summed E-state index contributed by atoms with van der Waals surface area (Å²) >= 11 is 0.